The second-order valence-corrected chi connectivity index (χ2v) is 8.37. The van der Waals surface area contributed by atoms with Crippen molar-refractivity contribution in [2.24, 2.45) is 0 Å². The Labute approximate surface area is 186 Å². The van der Waals surface area contributed by atoms with E-state index < -0.39 is 35.7 Å². The summed E-state index contributed by atoms with van der Waals surface area (Å²) in [6, 6.07) is 15.7. The molecule has 1 N–H and O–H groups in total. The minimum absolute atomic E-state index is 0.110. The van der Waals surface area contributed by atoms with Crippen LogP contribution in [0.4, 0.5) is 5.69 Å². The first kappa shape index (κ1) is 23.4. The molecule has 0 radical (unpaired) electrons. The van der Waals surface area contributed by atoms with E-state index >= 15 is 0 Å². The zero-order valence-corrected chi connectivity index (χ0v) is 18.3. The molecule has 0 aliphatic carbocycles. The Bertz CT molecular complexity index is 968. The smallest absolute Gasteiger partial charge is 0.338 e. The van der Waals surface area contributed by atoms with Gasteiger partial charge in [-0.3, -0.25) is 4.79 Å². The Morgan fingerprint density at radius 2 is 1.88 bits per heavy atom. The molecule has 2 atom stereocenters. The zero-order valence-electron chi connectivity index (χ0n) is 18.3. The maximum atomic E-state index is 12.9. The number of aliphatic hydroxyl groups excluding tert-OH is 1. The van der Waals surface area contributed by atoms with E-state index in [1.54, 1.807) is 39.0 Å². The molecule has 1 aliphatic rings. The average molecular weight is 441 g/mol. The number of rotatable bonds is 6. The first-order valence-electron chi connectivity index (χ1n) is 10.3. The van der Waals surface area contributed by atoms with Crippen LogP contribution < -0.4 is 4.90 Å². The van der Waals surface area contributed by atoms with Crippen LogP contribution in [0.2, 0.25) is 0 Å². The molecule has 0 unspecified atom stereocenters. The molecule has 0 saturated carbocycles. The fourth-order valence-electron chi connectivity index (χ4n) is 3.18. The van der Waals surface area contributed by atoms with Gasteiger partial charge in [0.25, 0.3) is 5.91 Å². The van der Waals surface area contributed by atoms with Gasteiger partial charge in [-0.25, -0.2) is 9.59 Å². The highest BCUT2D eigenvalue weighted by Crippen LogP contribution is 2.23. The van der Waals surface area contributed by atoms with Crippen LogP contribution in [0, 0.1) is 0 Å². The van der Waals surface area contributed by atoms with Crippen LogP contribution >= 0.6 is 0 Å². The molecule has 2 aromatic rings. The summed E-state index contributed by atoms with van der Waals surface area (Å²) in [5.41, 5.74) is 0.763. The molecule has 3 rings (SSSR count). The lowest BCUT2D eigenvalue weighted by atomic mass is 10.1. The number of hydrogen-bond donors (Lipinski definition) is 1. The summed E-state index contributed by atoms with van der Waals surface area (Å²) in [7, 11) is 0. The van der Waals surface area contributed by atoms with Gasteiger partial charge < -0.3 is 24.2 Å². The third kappa shape index (κ3) is 5.93. The lowest BCUT2D eigenvalue weighted by Gasteiger charge is -2.34. The van der Waals surface area contributed by atoms with Crippen LogP contribution in [0.25, 0.3) is 0 Å². The zero-order chi connectivity index (χ0) is 23.3. The molecule has 0 aromatic heterocycles. The van der Waals surface area contributed by atoms with E-state index in [4.69, 9.17) is 14.2 Å². The Kier molecular flexibility index (Phi) is 7.27. The topological polar surface area (TPSA) is 102 Å². The van der Waals surface area contributed by atoms with Crippen molar-refractivity contribution in [3.05, 3.63) is 65.7 Å². The summed E-state index contributed by atoms with van der Waals surface area (Å²) in [4.78, 5) is 39.0. The lowest BCUT2D eigenvalue weighted by molar-refractivity contribution is -0.177. The van der Waals surface area contributed by atoms with Crippen LogP contribution in [0.5, 0.6) is 0 Å². The van der Waals surface area contributed by atoms with E-state index in [0.717, 1.165) is 5.56 Å². The van der Waals surface area contributed by atoms with E-state index in [0.29, 0.717) is 5.69 Å². The van der Waals surface area contributed by atoms with Crippen LogP contribution in [-0.4, -0.2) is 53.9 Å². The monoisotopic (exact) mass is 441 g/mol. The molecule has 0 spiro atoms. The van der Waals surface area contributed by atoms with Gasteiger partial charge in [-0.05, 0) is 44.5 Å². The molecular formula is C24H27NO7. The highest BCUT2D eigenvalue weighted by Gasteiger charge is 2.41. The predicted molar refractivity (Wildman–Crippen MR) is 116 cm³/mol. The van der Waals surface area contributed by atoms with E-state index in [2.05, 4.69) is 0 Å². The third-order valence-corrected chi connectivity index (χ3v) is 4.66. The molecule has 32 heavy (non-hydrogen) atoms. The molecule has 8 nitrogen and oxygen atoms in total. The van der Waals surface area contributed by atoms with Crippen LogP contribution in [0.3, 0.4) is 0 Å². The number of esters is 2. The number of carbonyl (C=O) groups excluding carboxylic acids is 3. The maximum absolute atomic E-state index is 12.9. The van der Waals surface area contributed by atoms with Crippen molar-refractivity contribution >= 4 is 23.5 Å². The molecule has 1 heterocycles. The SMILES string of the molecule is CC(C)(C)OC(=O)[C@H](O)[C@H]1OCCN(c2cccc(C(=O)OCc3ccccc3)c2)C1=O. The number of carbonyl (C=O) groups is 3. The van der Waals surface area contributed by atoms with E-state index in [9.17, 15) is 19.5 Å². The fraction of sp³-hybridized carbons (Fsp3) is 0.375. The largest absolute Gasteiger partial charge is 0.458 e. The van der Waals surface area contributed by atoms with Gasteiger partial charge in [-0.2, -0.15) is 0 Å². The standard InChI is InChI=1S/C24H27NO7/c1-24(2,3)32-23(29)19(26)20-21(27)25(12-13-30-20)18-11-7-10-17(14-18)22(28)31-15-16-8-5-4-6-9-16/h4-11,14,19-20,26H,12-13,15H2,1-3H3/t19-,20-/m1/s1. The van der Waals surface area contributed by atoms with Gasteiger partial charge in [0.05, 0.1) is 12.2 Å². The van der Waals surface area contributed by atoms with E-state index in [1.807, 2.05) is 30.3 Å². The quantitative estimate of drug-likeness (QED) is 0.687. The number of benzene rings is 2. The van der Waals surface area contributed by atoms with Crippen LogP contribution in [0.15, 0.2) is 54.6 Å². The second-order valence-electron chi connectivity index (χ2n) is 8.37. The minimum atomic E-state index is -1.76. The van der Waals surface area contributed by atoms with Crippen LogP contribution in [0.1, 0.15) is 36.7 Å². The van der Waals surface area contributed by atoms with E-state index in [1.165, 1.54) is 11.0 Å². The van der Waals surface area contributed by atoms with Crippen molar-refractivity contribution in [3.63, 3.8) is 0 Å². The molecule has 1 fully saturated rings. The average Bonchev–Trinajstić information content (AvgIpc) is 2.77. The molecular weight excluding hydrogens is 414 g/mol. The van der Waals surface area contributed by atoms with Gasteiger partial charge in [-0.15, -0.1) is 0 Å². The normalized spacial score (nSPS) is 17.6. The highest BCUT2D eigenvalue weighted by molar-refractivity contribution is 6.01. The summed E-state index contributed by atoms with van der Waals surface area (Å²) in [5.74, 6) is -2.05. The summed E-state index contributed by atoms with van der Waals surface area (Å²) < 4.78 is 15.9. The van der Waals surface area contributed by atoms with Crippen molar-refractivity contribution in [2.75, 3.05) is 18.1 Å². The molecule has 2 aromatic carbocycles. The second kappa shape index (κ2) is 9.93. The molecule has 1 amide bonds. The van der Waals surface area contributed by atoms with Gasteiger partial charge in [0.15, 0.2) is 12.2 Å². The predicted octanol–water partition coefficient (Wildman–Crippen LogP) is 2.48. The lowest BCUT2D eigenvalue weighted by Crippen LogP contribution is -2.55. The number of amides is 1. The van der Waals surface area contributed by atoms with E-state index in [-0.39, 0.29) is 25.3 Å². The summed E-state index contributed by atoms with van der Waals surface area (Å²) in [6.07, 6.45) is -3.16. The number of hydrogen-bond acceptors (Lipinski definition) is 7. The molecule has 1 aliphatic heterocycles. The Morgan fingerprint density at radius 3 is 2.56 bits per heavy atom. The van der Waals surface area contributed by atoms with Crippen molar-refractivity contribution in [1.82, 2.24) is 0 Å². The van der Waals surface area contributed by atoms with Gasteiger partial charge in [0, 0.05) is 12.2 Å². The van der Waals surface area contributed by atoms with Crippen molar-refractivity contribution in [3.8, 4) is 0 Å². The fourth-order valence-corrected chi connectivity index (χ4v) is 3.18. The molecule has 1 saturated heterocycles. The Balaban J connectivity index is 1.70. The van der Waals surface area contributed by atoms with Gasteiger partial charge in [-0.1, -0.05) is 36.4 Å². The number of ether oxygens (including phenoxy) is 3. The Hall–Kier alpha value is -3.23. The summed E-state index contributed by atoms with van der Waals surface area (Å²) >= 11 is 0. The first-order chi connectivity index (χ1) is 15.2. The minimum Gasteiger partial charge on any atom is -0.458 e. The van der Waals surface area contributed by atoms with Crippen molar-refractivity contribution in [1.29, 1.82) is 0 Å². The summed E-state index contributed by atoms with van der Waals surface area (Å²) in [5, 5.41) is 10.3. The van der Waals surface area contributed by atoms with Crippen molar-refractivity contribution < 1.29 is 33.7 Å². The first-order valence-corrected chi connectivity index (χ1v) is 10.3. The van der Waals surface area contributed by atoms with Gasteiger partial charge in [0.1, 0.15) is 12.2 Å². The third-order valence-electron chi connectivity index (χ3n) is 4.66. The van der Waals surface area contributed by atoms with Crippen LogP contribution in [-0.2, 0) is 30.4 Å². The Morgan fingerprint density at radius 1 is 1.16 bits per heavy atom. The van der Waals surface area contributed by atoms with Crippen molar-refractivity contribution in [2.45, 2.75) is 45.2 Å². The summed E-state index contributed by atoms with van der Waals surface area (Å²) in [6.45, 7) is 5.43. The molecule has 170 valence electrons. The number of anilines is 1. The number of nitrogens with zero attached hydrogens (tertiary/aromatic N) is 1. The molecule has 0 bridgehead atoms. The number of morpholine rings is 1. The highest BCUT2D eigenvalue weighted by atomic mass is 16.6. The number of aliphatic hydroxyl groups is 1. The van der Waals surface area contributed by atoms with Gasteiger partial charge >= 0.3 is 11.9 Å². The molecule has 8 heteroatoms. The van der Waals surface area contributed by atoms with Gasteiger partial charge in [0.2, 0.25) is 0 Å². The maximum Gasteiger partial charge on any atom is 0.338 e.